The predicted octanol–water partition coefficient (Wildman–Crippen LogP) is 2.03. The fraction of sp³-hybridized carbons (Fsp3) is 0.316. The molecule has 7 heteroatoms. The van der Waals surface area contributed by atoms with Gasteiger partial charge in [-0.15, -0.1) is 0 Å². The molecule has 0 radical (unpaired) electrons. The fourth-order valence-corrected chi connectivity index (χ4v) is 2.73. The van der Waals surface area contributed by atoms with Gasteiger partial charge in [0, 0.05) is 20.2 Å². The van der Waals surface area contributed by atoms with Crippen molar-refractivity contribution in [2.75, 3.05) is 24.3 Å². The second-order valence-corrected chi connectivity index (χ2v) is 6.12. The Bertz CT molecular complexity index is 795. The van der Waals surface area contributed by atoms with Gasteiger partial charge < -0.3 is 20.7 Å². The molecule has 3 rings (SSSR count). The summed E-state index contributed by atoms with van der Waals surface area (Å²) in [6.07, 6.45) is -0.239. The maximum atomic E-state index is 12.8. The van der Waals surface area contributed by atoms with Crippen LogP contribution in [0.4, 0.5) is 11.5 Å². The molecule has 0 aliphatic carbocycles. The van der Waals surface area contributed by atoms with E-state index in [9.17, 15) is 9.59 Å². The molecule has 2 atom stereocenters. The Morgan fingerprint density at radius 1 is 1.31 bits per heavy atom. The summed E-state index contributed by atoms with van der Waals surface area (Å²) in [6.45, 7) is 2.48. The van der Waals surface area contributed by atoms with Gasteiger partial charge in [-0.3, -0.25) is 9.59 Å². The number of anilines is 2. The number of aromatic nitrogens is 1. The molecule has 2 unspecified atom stereocenters. The average molecular weight is 354 g/mol. The highest BCUT2D eigenvalue weighted by Crippen LogP contribution is 2.25. The third-order valence-corrected chi connectivity index (χ3v) is 4.27. The molecule has 2 aromatic rings. The standard InChI is InChI=1S/C19H22N4O3/c1-12(26-2)22-16-9-8-15-17(23-16)18(24)14(11-20-15)19(25)21-10-13-6-4-3-5-7-13/h3-9,12,14,20H,10-11H2,1-2H3,(H,21,25)(H,22,23). The number of nitrogens with one attached hydrogen (secondary N) is 3. The van der Waals surface area contributed by atoms with Crippen LogP contribution >= 0.6 is 0 Å². The van der Waals surface area contributed by atoms with E-state index in [4.69, 9.17) is 4.74 Å². The van der Waals surface area contributed by atoms with Gasteiger partial charge in [-0.2, -0.15) is 0 Å². The number of methoxy groups -OCH3 is 1. The number of ketones is 1. The Hall–Kier alpha value is -2.93. The van der Waals surface area contributed by atoms with Crippen molar-refractivity contribution in [3.05, 3.63) is 53.7 Å². The molecule has 1 aliphatic heterocycles. The van der Waals surface area contributed by atoms with Gasteiger partial charge in [0.05, 0.1) is 5.69 Å². The van der Waals surface area contributed by atoms with Crippen molar-refractivity contribution in [3.63, 3.8) is 0 Å². The lowest BCUT2D eigenvalue weighted by Gasteiger charge is -2.24. The number of benzene rings is 1. The first-order valence-corrected chi connectivity index (χ1v) is 8.48. The van der Waals surface area contributed by atoms with E-state index in [0.717, 1.165) is 5.56 Å². The van der Waals surface area contributed by atoms with Crippen molar-refractivity contribution in [1.82, 2.24) is 10.3 Å². The number of hydrogen-bond acceptors (Lipinski definition) is 6. The quantitative estimate of drug-likeness (QED) is 0.543. The summed E-state index contributed by atoms with van der Waals surface area (Å²) in [4.78, 5) is 29.6. The second-order valence-electron chi connectivity index (χ2n) is 6.12. The molecule has 7 nitrogen and oxygen atoms in total. The zero-order chi connectivity index (χ0) is 18.5. The van der Waals surface area contributed by atoms with Crippen LogP contribution in [-0.4, -0.2) is 36.6 Å². The first kappa shape index (κ1) is 17.9. The fourth-order valence-electron chi connectivity index (χ4n) is 2.73. The summed E-state index contributed by atoms with van der Waals surface area (Å²) in [7, 11) is 1.58. The van der Waals surface area contributed by atoms with Gasteiger partial charge in [0.1, 0.15) is 23.7 Å². The van der Waals surface area contributed by atoms with Gasteiger partial charge in [-0.05, 0) is 24.6 Å². The molecule has 1 aromatic heterocycles. The highest BCUT2D eigenvalue weighted by molar-refractivity contribution is 6.13. The molecular weight excluding hydrogens is 332 g/mol. The number of carbonyl (C=O) groups excluding carboxylic acids is 2. The number of Topliss-reactive ketones (excluding diaryl/α,β-unsaturated/α-hetero) is 1. The van der Waals surface area contributed by atoms with Crippen LogP contribution < -0.4 is 16.0 Å². The summed E-state index contributed by atoms with van der Waals surface area (Å²) in [5.74, 6) is -0.854. The molecular formula is C19H22N4O3. The summed E-state index contributed by atoms with van der Waals surface area (Å²) < 4.78 is 5.14. The lowest BCUT2D eigenvalue weighted by molar-refractivity contribution is -0.123. The monoisotopic (exact) mass is 354 g/mol. The molecule has 0 saturated heterocycles. The van der Waals surface area contributed by atoms with E-state index < -0.39 is 5.92 Å². The molecule has 2 heterocycles. The zero-order valence-electron chi connectivity index (χ0n) is 14.8. The normalized spacial score (nSPS) is 17.0. The Balaban J connectivity index is 1.69. The second kappa shape index (κ2) is 7.97. The van der Waals surface area contributed by atoms with Gasteiger partial charge in [0.2, 0.25) is 5.91 Å². The smallest absolute Gasteiger partial charge is 0.233 e. The number of amides is 1. The van der Waals surface area contributed by atoms with E-state index in [1.54, 1.807) is 19.2 Å². The van der Waals surface area contributed by atoms with Gasteiger partial charge >= 0.3 is 0 Å². The van der Waals surface area contributed by atoms with E-state index >= 15 is 0 Å². The topological polar surface area (TPSA) is 92.3 Å². The van der Waals surface area contributed by atoms with Crippen molar-refractivity contribution in [2.24, 2.45) is 5.92 Å². The van der Waals surface area contributed by atoms with Crippen LogP contribution in [0.1, 0.15) is 23.0 Å². The summed E-state index contributed by atoms with van der Waals surface area (Å²) >= 11 is 0. The number of ether oxygens (including phenoxy) is 1. The number of rotatable bonds is 6. The number of carbonyl (C=O) groups is 2. The van der Waals surface area contributed by atoms with E-state index in [1.165, 1.54) is 0 Å². The molecule has 136 valence electrons. The minimum Gasteiger partial charge on any atom is -0.382 e. The van der Waals surface area contributed by atoms with E-state index in [-0.39, 0.29) is 30.2 Å². The Labute approximate surface area is 152 Å². The predicted molar refractivity (Wildman–Crippen MR) is 98.9 cm³/mol. The van der Waals surface area contributed by atoms with Crippen molar-refractivity contribution >= 4 is 23.2 Å². The first-order chi connectivity index (χ1) is 12.6. The number of pyridine rings is 1. The number of nitrogens with zero attached hydrogens (tertiary/aromatic N) is 1. The zero-order valence-corrected chi connectivity index (χ0v) is 14.8. The van der Waals surface area contributed by atoms with Crippen LogP contribution in [0.3, 0.4) is 0 Å². The molecule has 0 fully saturated rings. The molecule has 1 amide bonds. The van der Waals surface area contributed by atoms with Gasteiger partial charge in [-0.1, -0.05) is 30.3 Å². The van der Waals surface area contributed by atoms with E-state index in [1.807, 2.05) is 37.3 Å². The van der Waals surface area contributed by atoms with E-state index in [2.05, 4.69) is 20.9 Å². The SMILES string of the molecule is COC(C)Nc1ccc2c(n1)C(=O)C(C(=O)NCc1ccccc1)CN2. The first-order valence-electron chi connectivity index (χ1n) is 8.48. The highest BCUT2D eigenvalue weighted by Gasteiger charge is 2.34. The minimum absolute atomic E-state index is 0.239. The van der Waals surface area contributed by atoms with E-state index in [0.29, 0.717) is 18.1 Å². The maximum Gasteiger partial charge on any atom is 0.233 e. The summed E-state index contributed by atoms with van der Waals surface area (Å²) in [6, 6.07) is 13.1. The lowest BCUT2D eigenvalue weighted by Crippen LogP contribution is -2.42. The largest absolute Gasteiger partial charge is 0.382 e. The Morgan fingerprint density at radius 2 is 2.08 bits per heavy atom. The highest BCUT2D eigenvalue weighted by atomic mass is 16.5. The minimum atomic E-state index is -0.797. The maximum absolute atomic E-state index is 12.8. The van der Waals surface area contributed by atoms with Gasteiger partial charge in [-0.25, -0.2) is 4.98 Å². The van der Waals surface area contributed by atoms with Gasteiger partial charge in [0.25, 0.3) is 0 Å². The van der Waals surface area contributed by atoms with Crippen LogP contribution in [0.15, 0.2) is 42.5 Å². The lowest BCUT2D eigenvalue weighted by atomic mass is 9.95. The molecule has 0 bridgehead atoms. The molecule has 26 heavy (non-hydrogen) atoms. The Morgan fingerprint density at radius 3 is 2.81 bits per heavy atom. The van der Waals surface area contributed by atoms with Crippen molar-refractivity contribution in [3.8, 4) is 0 Å². The van der Waals surface area contributed by atoms with Crippen LogP contribution in [0.25, 0.3) is 0 Å². The van der Waals surface area contributed by atoms with Crippen LogP contribution in [0, 0.1) is 5.92 Å². The summed E-state index contributed by atoms with van der Waals surface area (Å²) in [5.41, 5.74) is 1.89. The summed E-state index contributed by atoms with van der Waals surface area (Å²) in [5, 5.41) is 8.98. The van der Waals surface area contributed by atoms with Crippen molar-refractivity contribution in [1.29, 1.82) is 0 Å². The Kier molecular flexibility index (Phi) is 5.48. The third kappa shape index (κ3) is 4.00. The molecule has 3 N–H and O–H groups in total. The molecule has 0 saturated carbocycles. The third-order valence-electron chi connectivity index (χ3n) is 4.27. The van der Waals surface area contributed by atoms with Crippen LogP contribution in [-0.2, 0) is 16.1 Å². The molecule has 1 aliphatic rings. The van der Waals surface area contributed by atoms with Gasteiger partial charge in [0.15, 0.2) is 5.78 Å². The van der Waals surface area contributed by atoms with Crippen molar-refractivity contribution < 1.29 is 14.3 Å². The van der Waals surface area contributed by atoms with Crippen LogP contribution in [0.5, 0.6) is 0 Å². The average Bonchev–Trinajstić information content (AvgIpc) is 2.67. The number of hydrogen-bond donors (Lipinski definition) is 3. The molecule has 0 spiro atoms. The number of fused-ring (bicyclic) bond motifs is 1. The van der Waals surface area contributed by atoms with Crippen molar-refractivity contribution in [2.45, 2.75) is 19.7 Å². The van der Waals surface area contributed by atoms with Crippen LogP contribution in [0.2, 0.25) is 0 Å². The molecule has 1 aromatic carbocycles.